The molecule has 0 aliphatic heterocycles. The van der Waals surface area contributed by atoms with Crippen molar-refractivity contribution in [2.45, 2.75) is 277 Å². The molecule has 410 valence electrons. The van der Waals surface area contributed by atoms with E-state index >= 15 is 0 Å². The minimum atomic E-state index is -0.807. The molecular formula is C66H110O6. The lowest BCUT2D eigenvalue weighted by Gasteiger charge is -2.18. The van der Waals surface area contributed by atoms with Crippen LogP contribution in [0.25, 0.3) is 0 Å². The van der Waals surface area contributed by atoms with Crippen molar-refractivity contribution in [3.8, 4) is 0 Å². The molecule has 0 fully saturated rings. The number of carbonyl (C=O) groups excluding carboxylic acids is 3. The number of esters is 3. The van der Waals surface area contributed by atoms with Gasteiger partial charge in [-0.2, -0.15) is 0 Å². The summed E-state index contributed by atoms with van der Waals surface area (Å²) in [6, 6.07) is 0. The van der Waals surface area contributed by atoms with Gasteiger partial charge in [0, 0.05) is 19.3 Å². The van der Waals surface area contributed by atoms with Gasteiger partial charge in [0.25, 0.3) is 0 Å². The normalized spacial score (nSPS) is 12.9. The van der Waals surface area contributed by atoms with E-state index in [1.165, 1.54) is 109 Å². The molecule has 0 radical (unpaired) electrons. The summed E-state index contributed by atoms with van der Waals surface area (Å²) >= 11 is 0. The molecule has 0 aromatic rings. The number of ether oxygens (including phenoxy) is 3. The van der Waals surface area contributed by atoms with Gasteiger partial charge >= 0.3 is 17.9 Å². The summed E-state index contributed by atoms with van der Waals surface area (Å²) in [6.45, 7) is 6.45. The first-order valence-electron chi connectivity index (χ1n) is 29.9. The second-order valence-electron chi connectivity index (χ2n) is 19.5. The Morgan fingerprint density at radius 3 is 0.917 bits per heavy atom. The van der Waals surface area contributed by atoms with Crippen LogP contribution in [-0.4, -0.2) is 37.2 Å². The molecule has 0 N–H and O–H groups in total. The van der Waals surface area contributed by atoms with Gasteiger partial charge in [-0.05, 0) is 128 Å². The number of rotatable bonds is 53. The molecule has 0 heterocycles. The standard InChI is InChI=1S/C66H110O6/c1-4-7-10-13-16-19-22-25-28-30-32-33-34-36-38-41-44-47-50-53-56-59-65(68)71-62-63(61-70-64(67)58-55-52-49-46-43-40-37-27-24-21-18-15-12-9-6-3)72-66(69)60-57-54-51-48-45-42-39-35-31-29-26-23-20-17-14-11-8-5-2/h7,10,16,18-19,21,25,27-29,31-33,36-38,44,47,63H,4-6,8-9,11-15,17,20,22-24,26,30,34-35,39-43,45-46,48-62H2,1-3H3/b10-7-,19-16-,21-18-,28-25-,31-29-,33-32-,37-27-,38-36-,47-44-. The number of allylic oxidation sites excluding steroid dienone is 18. The van der Waals surface area contributed by atoms with Crippen molar-refractivity contribution < 1.29 is 28.6 Å². The monoisotopic (exact) mass is 999 g/mol. The Morgan fingerprint density at radius 2 is 0.542 bits per heavy atom. The molecule has 1 unspecified atom stereocenters. The first-order valence-corrected chi connectivity index (χ1v) is 29.9. The van der Waals surface area contributed by atoms with Crippen LogP contribution >= 0.6 is 0 Å². The molecule has 0 aromatic heterocycles. The second-order valence-corrected chi connectivity index (χ2v) is 19.5. The van der Waals surface area contributed by atoms with Crippen LogP contribution in [0, 0.1) is 0 Å². The minimum Gasteiger partial charge on any atom is -0.462 e. The van der Waals surface area contributed by atoms with Crippen LogP contribution < -0.4 is 0 Å². The predicted molar refractivity (Wildman–Crippen MR) is 311 cm³/mol. The molecule has 6 heteroatoms. The third-order valence-corrected chi connectivity index (χ3v) is 12.5. The molecule has 0 amide bonds. The predicted octanol–water partition coefficient (Wildman–Crippen LogP) is 20.3. The summed E-state index contributed by atoms with van der Waals surface area (Å²) in [4.78, 5) is 38.2. The molecule has 72 heavy (non-hydrogen) atoms. The van der Waals surface area contributed by atoms with Crippen LogP contribution in [0.1, 0.15) is 271 Å². The molecule has 1 atom stereocenters. The molecule has 0 saturated heterocycles. The molecule has 0 aliphatic rings. The maximum Gasteiger partial charge on any atom is 0.306 e. The summed E-state index contributed by atoms with van der Waals surface area (Å²) in [5.41, 5.74) is 0. The smallest absolute Gasteiger partial charge is 0.306 e. The van der Waals surface area contributed by atoms with Crippen molar-refractivity contribution in [3.05, 3.63) is 109 Å². The van der Waals surface area contributed by atoms with Gasteiger partial charge in [-0.25, -0.2) is 0 Å². The third-order valence-electron chi connectivity index (χ3n) is 12.5. The Kier molecular flexibility index (Phi) is 56.4. The zero-order valence-corrected chi connectivity index (χ0v) is 46.9. The average Bonchev–Trinajstić information content (AvgIpc) is 3.38. The van der Waals surface area contributed by atoms with Crippen LogP contribution in [0.2, 0.25) is 0 Å². The Hall–Kier alpha value is -3.93. The van der Waals surface area contributed by atoms with E-state index < -0.39 is 6.10 Å². The summed E-state index contributed by atoms with van der Waals surface area (Å²) in [7, 11) is 0. The fraction of sp³-hybridized carbons (Fsp3) is 0.682. The first kappa shape index (κ1) is 68.1. The lowest BCUT2D eigenvalue weighted by molar-refractivity contribution is -0.167. The zero-order valence-electron chi connectivity index (χ0n) is 46.9. The molecule has 0 bridgehead atoms. The highest BCUT2D eigenvalue weighted by atomic mass is 16.6. The molecule has 0 aromatic carbocycles. The average molecular weight is 1000 g/mol. The molecule has 0 spiro atoms. The topological polar surface area (TPSA) is 78.9 Å². The van der Waals surface area contributed by atoms with E-state index in [0.29, 0.717) is 25.7 Å². The lowest BCUT2D eigenvalue weighted by atomic mass is 10.1. The highest BCUT2D eigenvalue weighted by Crippen LogP contribution is 2.14. The van der Waals surface area contributed by atoms with Gasteiger partial charge in [-0.1, -0.05) is 233 Å². The van der Waals surface area contributed by atoms with Gasteiger partial charge in [-0.15, -0.1) is 0 Å². The van der Waals surface area contributed by atoms with Crippen molar-refractivity contribution in [2.75, 3.05) is 13.2 Å². The number of hydrogen-bond donors (Lipinski definition) is 0. The van der Waals surface area contributed by atoms with E-state index in [1.807, 2.05) is 0 Å². The SMILES string of the molecule is CC/C=C\C/C=C\C/C=C\C/C=C\C/C=C\C/C=C\CCCCC(=O)OCC(COC(=O)CCCCCCC/C=C\C/C=C\CCCCC)OC(=O)CCCCCCCCC/C=C\CCCCCCCCC. The lowest BCUT2D eigenvalue weighted by Crippen LogP contribution is -2.30. The van der Waals surface area contributed by atoms with Crippen molar-refractivity contribution in [1.82, 2.24) is 0 Å². The fourth-order valence-electron chi connectivity index (χ4n) is 8.00. The van der Waals surface area contributed by atoms with E-state index in [0.717, 1.165) is 116 Å². The molecular weight excluding hydrogens is 889 g/mol. The van der Waals surface area contributed by atoms with E-state index in [9.17, 15) is 14.4 Å². The highest BCUT2D eigenvalue weighted by molar-refractivity contribution is 5.71. The van der Waals surface area contributed by atoms with Crippen LogP contribution in [0.3, 0.4) is 0 Å². The van der Waals surface area contributed by atoms with Gasteiger partial charge in [0.2, 0.25) is 0 Å². The second kappa shape index (κ2) is 59.6. The van der Waals surface area contributed by atoms with Crippen LogP contribution in [0.5, 0.6) is 0 Å². The van der Waals surface area contributed by atoms with Gasteiger partial charge in [0.15, 0.2) is 6.10 Å². The van der Waals surface area contributed by atoms with Crippen LogP contribution in [0.4, 0.5) is 0 Å². The Balaban J connectivity index is 4.49. The molecule has 0 saturated carbocycles. The third kappa shape index (κ3) is 57.0. The number of carbonyl (C=O) groups is 3. The Bertz CT molecular complexity index is 1470. The zero-order chi connectivity index (χ0) is 52.2. The fourth-order valence-corrected chi connectivity index (χ4v) is 8.00. The van der Waals surface area contributed by atoms with Gasteiger partial charge in [0.1, 0.15) is 13.2 Å². The van der Waals surface area contributed by atoms with E-state index in [-0.39, 0.29) is 31.1 Å². The van der Waals surface area contributed by atoms with Crippen molar-refractivity contribution in [1.29, 1.82) is 0 Å². The van der Waals surface area contributed by atoms with Crippen molar-refractivity contribution in [2.24, 2.45) is 0 Å². The van der Waals surface area contributed by atoms with Crippen LogP contribution in [-0.2, 0) is 28.6 Å². The largest absolute Gasteiger partial charge is 0.462 e. The van der Waals surface area contributed by atoms with Gasteiger partial charge in [-0.3, -0.25) is 14.4 Å². The van der Waals surface area contributed by atoms with Crippen LogP contribution in [0.15, 0.2) is 109 Å². The summed E-state index contributed by atoms with van der Waals surface area (Å²) in [5.74, 6) is -0.961. The van der Waals surface area contributed by atoms with E-state index in [2.05, 4.69) is 130 Å². The Labute approximate surface area is 444 Å². The molecule has 0 rings (SSSR count). The minimum absolute atomic E-state index is 0.102. The van der Waals surface area contributed by atoms with E-state index in [1.54, 1.807) is 0 Å². The maximum absolute atomic E-state index is 12.9. The summed E-state index contributed by atoms with van der Waals surface area (Å²) in [6.07, 6.45) is 80.8. The van der Waals surface area contributed by atoms with Gasteiger partial charge < -0.3 is 14.2 Å². The maximum atomic E-state index is 12.9. The number of unbranched alkanes of at least 4 members (excludes halogenated alkanes) is 24. The highest BCUT2D eigenvalue weighted by Gasteiger charge is 2.19. The molecule has 6 nitrogen and oxygen atoms in total. The van der Waals surface area contributed by atoms with Gasteiger partial charge in [0.05, 0.1) is 0 Å². The Morgan fingerprint density at radius 1 is 0.292 bits per heavy atom. The molecule has 0 aliphatic carbocycles. The quantitative estimate of drug-likeness (QED) is 0.0261. The van der Waals surface area contributed by atoms with Crippen molar-refractivity contribution >= 4 is 17.9 Å². The summed E-state index contributed by atoms with van der Waals surface area (Å²) in [5, 5.41) is 0. The summed E-state index contributed by atoms with van der Waals surface area (Å²) < 4.78 is 16.8. The number of hydrogen-bond acceptors (Lipinski definition) is 6. The first-order chi connectivity index (χ1) is 35.5. The van der Waals surface area contributed by atoms with E-state index in [4.69, 9.17) is 14.2 Å². The van der Waals surface area contributed by atoms with Crippen molar-refractivity contribution in [3.63, 3.8) is 0 Å².